The highest BCUT2D eigenvalue weighted by molar-refractivity contribution is 6.00. The molecule has 26 heavy (non-hydrogen) atoms. The van der Waals surface area contributed by atoms with Gasteiger partial charge in [-0.25, -0.2) is 0 Å². The Balaban J connectivity index is 1.51. The smallest absolute Gasteiger partial charge is 0.253 e. The minimum Gasteiger partial charge on any atom is -0.454 e. The Hall–Kier alpha value is -3.12. The van der Waals surface area contributed by atoms with Crippen LogP contribution in [0.4, 0.5) is 5.69 Å². The number of hydrogen-bond donors (Lipinski definition) is 2. The third kappa shape index (κ3) is 2.55. The summed E-state index contributed by atoms with van der Waals surface area (Å²) >= 11 is 0. The number of nitrogens with zero attached hydrogens (tertiary/aromatic N) is 1. The second kappa shape index (κ2) is 6.00. The van der Waals surface area contributed by atoms with E-state index in [1.165, 1.54) is 0 Å². The van der Waals surface area contributed by atoms with Crippen molar-refractivity contribution in [1.82, 2.24) is 10.2 Å². The Morgan fingerprint density at radius 3 is 2.96 bits per heavy atom. The van der Waals surface area contributed by atoms with Crippen LogP contribution in [0.2, 0.25) is 0 Å². The summed E-state index contributed by atoms with van der Waals surface area (Å²) < 4.78 is 11.4. The Labute approximate surface area is 149 Å². The normalized spacial score (nSPS) is 17.2. The predicted octanol–water partition coefficient (Wildman–Crippen LogP) is 4.09. The number of rotatable bonds is 3. The van der Waals surface area contributed by atoms with Crippen molar-refractivity contribution >= 4 is 33.5 Å². The maximum Gasteiger partial charge on any atom is 0.253 e. The number of aromatic amines is 1. The van der Waals surface area contributed by atoms with Gasteiger partial charge in [0.2, 0.25) is 0 Å². The van der Waals surface area contributed by atoms with Crippen molar-refractivity contribution in [2.75, 3.05) is 11.9 Å². The van der Waals surface area contributed by atoms with Gasteiger partial charge in [0.15, 0.2) is 5.76 Å². The van der Waals surface area contributed by atoms with Crippen LogP contribution in [0.1, 0.15) is 12.8 Å². The Kier molecular flexibility index (Phi) is 3.50. The average Bonchev–Trinajstić information content (AvgIpc) is 3.39. The summed E-state index contributed by atoms with van der Waals surface area (Å²) in [6.07, 6.45) is 1.34. The van der Waals surface area contributed by atoms with Crippen molar-refractivity contribution in [2.45, 2.75) is 18.9 Å². The molecule has 0 bridgehead atoms. The molecule has 0 spiro atoms. The Morgan fingerprint density at radius 1 is 1.19 bits per heavy atom. The van der Waals surface area contributed by atoms with Crippen molar-refractivity contribution in [3.8, 4) is 11.5 Å². The molecule has 6 nitrogen and oxygen atoms in total. The number of fused-ring (bicyclic) bond motifs is 2. The van der Waals surface area contributed by atoms with Gasteiger partial charge in [-0.15, -0.1) is 0 Å². The number of para-hydroxylation sites is 1. The topological polar surface area (TPSA) is 80.2 Å². The van der Waals surface area contributed by atoms with Crippen LogP contribution < -0.4 is 5.32 Å². The third-order valence-electron chi connectivity index (χ3n) is 4.71. The first-order chi connectivity index (χ1) is 12.8. The van der Waals surface area contributed by atoms with E-state index in [-0.39, 0.29) is 12.0 Å². The first-order valence-corrected chi connectivity index (χ1v) is 8.67. The minimum absolute atomic E-state index is 0.101. The lowest BCUT2D eigenvalue weighted by Crippen LogP contribution is -2.26. The van der Waals surface area contributed by atoms with Crippen LogP contribution in [0.3, 0.4) is 0 Å². The van der Waals surface area contributed by atoms with Crippen LogP contribution in [-0.4, -0.2) is 28.8 Å². The largest absolute Gasteiger partial charge is 0.454 e. The van der Waals surface area contributed by atoms with Crippen molar-refractivity contribution in [3.05, 3.63) is 48.5 Å². The lowest BCUT2D eigenvalue weighted by Gasteiger charge is -2.10. The molecule has 1 aliphatic rings. The van der Waals surface area contributed by atoms with E-state index >= 15 is 0 Å². The van der Waals surface area contributed by atoms with Crippen LogP contribution in [0.25, 0.3) is 33.3 Å². The van der Waals surface area contributed by atoms with Gasteiger partial charge < -0.3 is 14.5 Å². The van der Waals surface area contributed by atoms with Crippen molar-refractivity contribution in [2.24, 2.45) is 0 Å². The van der Waals surface area contributed by atoms with Crippen LogP contribution in [0, 0.1) is 0 Å². The van der Waals surface area contributed by atoms with E-state index < -0.39 is 0 Å². The summed E-state index contributed by atoms with van der Waals surface area (Å²) in [5, 5.41) is 12.3. The van der Waals surface area contributed by atoms with Crippen LogP contribution in [0.5, 0.6) is 0 Å². The van der Waals surface area contributed by atoms with E-state index in [0.717, 1.165) is 46.1 Å². The standard InChI is InChI=1S/C20H17N3O3/c24-20(17-6-3-9-25-17)21-13-7-8-15-14(11-13)19(23-22-15)18-10-12-4-1-2-5-16(12)26-18/h1-2,4-5,7-8,10-11,17H,3,6,9H2,(H,21,24)(H,22,23). The fourth-order valence-corrected chi connectivity index (χ4v) is 3.39. The van der Waals surface area contributed by atoms with Gasteiger partial charge in [0, 0.05) is 23.1 Å². The number of aromatic nitrogens is 2. The highest BCUT2D eigenvalue weighted by Crippen LogP contribution is 2.32. The lowest BCUT2D eigenvalue weighted by molar-refractivity contribution is -0.124. The van der Waals surface area contributed by atoms with Crippen LogP contribution >= 0.6 is 0 Å². The molecular weight excluding hydrogens is 330 g/mol. The molecule has 1 saturated heterocycles. The van der Waals surface area contributed by atoms with Gasteiger partial charge in [-0.05, 0) is 43.2 Å². The van der Waals surface area contributed by atoms with E-state index in [1.54, 1.807) is 0 Å². The quantitative estimate of drug-likeness (QED) is 0.585. The molecule has 1 amide bonds. The number of anilines is 1. The number of carbonyl (C=O) groups excluding carboxylic acids is 1. The molecule has 0 saturated carbocycles. The van der Waals surface area contributed by atoms with Gasteiger partial charge in [0.05, 0.1) is 5.52 Å². The van der Waals surface area contributed by atoms with Gasteiger partial charge in [-0.1, -0.05) is 18.2 Å². The summed E-state index contributed by atoms with van der Waals surface area (Å²) in [6.45, 7) is 0.648. The second-order valence-electron chi connectivity index (χ2n) is 6.47. The first kappa shape index (κ1) is 15.2. The van der Waals surface area contributed by atoms with Crippen molar-refractivity contribution in [3.63, 3.8) is 0 Å². The summed E-state index contributed by atoms with van der Waals surface area (Å²) in [5.74, 6) is 0.593. The molecule has 130 valence electrons. The van der Waals surface area contributed by atoms with Gasteiger partial charge in [0.1, 0.15) is 17.4 Å². The molecule has 4 aromatic rings. The van der Waals surface area contributed by atoms with E-state index in [2.05, 4.69) is 15.5 Å². The molecule has 3 heterocycles. The number of benzene rings is 2. The van der Waals surface area contributed by atoms with E-state index in [9.17, 15) is 4.79 Å². The van der Waals surface area contributed by atoms with Gasteiger partial charge >= 0.3 is 0 Å². The maximum atomic E-state index is 12.3. The molecule has 5 rings (SSSR count). The molecule has 1 atom stereocenters. The molecule has 6 heteroatoms. The number of H-pyrrole nitrogens is 1. The summed E-state index contributed by atoms with van der Waals surface area (Å²) in [5.41, 5.74) is 3.15. The van der Waals surface area contributed by atoms with E-state index in [4.69, 9.17) is 9.15 Å². The minimum atomic E-state index is -0.357. The third-order valence-corrected chi connectivity index (χ3v) is 4.71. The average molecular weight is 347 g/mol. The molecule has 0 aliphatic carbocycles. The summed E-state index contributed by atoms with van der Waals surface area (Å²) in [7, 11) is 0. The monoisotopic (exact) mass is 347 g/mol. The zero-order valence-electron chi connectivity index (χ0n) is 14.0. The molecular formula is C20H17N3O3. The van der Waals surface area contributed by atoms with Crippen molar-refractivity contribution in [1.29, 1.82) is 0 Å². The van der Waals surface area contributed by atoms with Gasteiger partial charge in [-0.3, -0.25) is 9.89 Å². The lowest BCUT2D eigenvalue weighted by atomic mass is 10.1. The summed E-state index contributed by atoms with van der Waals surface area (Å²) in [6, 6.07) is 15.5. The molecule has 1 fully saturated rings. The molecule has 2 N–H and O–H groups in total. The number of ether oxygens (including phenoxy) is 1. The molecule has 1 unspecified atom stereocenters. The molecule has 2 aromatic carbocycles. The molecule has 1 aliphatic heterocycles. The zero-order chi connectivity index (χ0) is 17.5. The number of hydrogen-bond acceptors (Lipinski definition) is 4. The van der Waals surface area contributed by atoms with Crippen molar-refractivity contribution < 1.29 is 13.9 Å². The predicted molar refractivity (Wildman–Crippen MR) is 98.9 cm³/mol. The summed E-state index contributed by atoms with van der Waals surface area (Å²) in [4.78, 5) is 12.3. The van der Waals surface area contributed by atoms with Gasteiger partial charge in [0.25, 0.3) is 5.91 Å². The molecule has 0 radical (unpaired) electrons. The maximum absolute atomic E-state index is 12.3. The number of furan rings is 1. The fourth-order valence-electron chi connectivity index (χ4n) is 3.39. The Morgan fingerprint density at radius 2 is 2.12 bits per heavy atom. The number of carbonyl (C=O) groups is 1. The fraction of sp³-hybridized carbons (Fsp3) is 0.200. The number of amides is 1. The van der Waals surface area contributed by atoms with Gasteiger partial charge in [-0.2, -0.15) is 5.10 Å². The Bertz CT molecular complexity index is 1070. The van der Waals surface area contributed by atoms with Crippen LogP contribution in [-0.2, 0) is 9.53 Å². The molecule has 2 aromatic heterocycles. The van der Waals surface area contributed by atoms with Crippen LogP contribution in [0.15, 0.2) is 52.9 Å². The zero-order valence-corrected chi connectivity index (χ0v) is 14.0. The van der Waals surface area contributed by atoms with E-state index in [0.29, 0.717) is 12.4 Å². The highest BCUT2D eigenvalue weighted by Gasteiger charge is 2.23. The first-order valence-electron chi connectivity index (χ1n) is 8.67. The SMILES string of the molecule is O=C(Nc1ccc2[nH]nc(-c3cc4ccccc4o3)c2c1)C1CCCO1. The number of nitrogens with one attached hydrogen (secondary N) is 2. The van der Waals surface area contributed by atoms with E-state index in [1.807, 2.05) is 48.5 Å². The second-order valence-corrected chi connectivity index (χ2v) is 6.47. The highest BCUT2D eigenvalue weighted by atomic mass is 16.5.